The first-order valence-corrected chi connectivity index (χ1v) is 10.3. The van der Waals surface area contributed by atoms with Crippen LogP contribution >= 0.6 is 0 Å². The zero-order valence-corrected chi connectivity index (χ0v) is 17.4. The number of hydrogen-bond acceptors (Lipinski definition) is 14. The lowest BCUT2D eigenvalue weighted by Crippen LogP contribution is -2.66. The average molecular weight is 472 g/mol. The zero-order valence-electron chi connectivity index (χ0n) is 17.4. The Kier molecular flexibility index (Phi) is 8.44. The molecule has 188 valence electrons. The van der Waals surface area contributed by atoms with Gasteiger partial charge in [0.25, 0.3) is 0 Å². The standard InChI is InChI=1S/C18H32O14/c1-4-7(20)10(23)12(25)17(28-4)31-14-9(22)6(3-19)30-16(27)15(14)32-18-13(26)11(24)8(21)5(2)29-18/h4-27H,3H2,1-2H3/t4-,5-,6+,7-,8+,9+,10+,11+,12+,13-,14-,15+,16+,17-,18+/m0/s1. The fraction of sp³-hybridized carbons (Fsp3) is 1.00. The van der Waals surface area contributed by atoms with Gasteiger partial charge in [-0.15, -0.1) is 0 Å². The summed E-state index contributed by atoms with van der Waals surface area (Å²) in [6.45, 7) is 2.10. The van der Waals surface area contributed by atoms with E-state index >= 15 is 0 Å². The molecule has 0 aromatic rings. The molecule has 3 fully saturated rings. The molecule has 0 aliphatic carbocycles. The maximum atomic E-state index is 10.6. The van der Waals surface area contributed by atoms with E-state index in [1.807, 2.05) is 0 Å². The molecule has 14 heteroatoms. The lowest BCUT2D eigenvalue weighted by Gasteiger charge is -2.48. The number of hydrogen-bond donors (Lipinski definition) is 9. The molecule has 0 amide bonds. The second-order valence-corrected chi connectivity index (χ2v) is 8.30. The van der Waals surface area contributed by atoms with Gasteiger partial charge in [0.15, 0.2) is 18.9 Å². The van der Waals surface area contributed by atoms with Crippen molar-refractivity contribution in [3.05, 3.63) is 0 Å². The van der Waals surface area contributed by atoms with Crippen LogP contribution in [0, 0.1) is 0 Å². The van der Waals surface area contributed by atoms with Crippen LogP contribution in [0.1, 0.15) is 13.8 Å². The van der Waals surface area contributed by atoms with Gasteiger partial charge in [-0.2, -0.15) is 0 Å². The Morgan fingerprint density at radius 3 is 1.44 bits per heavy atom. The normalized spacial score (nSPS) is 55.0. The van der Waals surface area contributed by atoms with Crippen LogP contribution in [0.4, 0.5) is 0 Å². The van der Waals surface area contributed by atoms with Crippen LogP contribution in [-0.4, -0.2) is 145 Å². The molecule has 0 bridgehead atoms. The molecule has 32 heavy (non-hydrogen) atoms. The van der Waals surface area contributed by atoms with Crippen LogP contribution in [0.3, 0.4) is 0 Å². The van der Waals surface area contributed by atoms with Gasteiger partial charge in [0, 0.05) is 0 Å². The molecule has 0 aromatic carbocycles. The van der Waals surface area contributed by atoms with E-state index in [4.69, 9.17) is 23.7 Å². The predicted octanol–water partition coefficient (Wildman–Crippen LogP) is -5.52. The van der Waals surface area contributed by atoms with Crippen LogP contribution in [0.2, 0.25) is 0 Å². The summed E-state index contributed by atoms with van der Waals surface area (Å²) in [7, 11) is 0. The highest BCUT2D eigenvalue weighted by Gasteiger charge is 2.53. The van der Waals surface area contributed by atoms with Gasteiger partial charge < -0.3 is 69.6 Å². The fourth-order valence-corrected chi connectivity index (χ4v) is 3.92. The third kappa shape index (κ3) is 4.94. The fourth-order valence-electron chi connectivity index (χ4n) is 3.92. The molecule has 0 aromatic heterocycles. The highest BCUT2D eigenvalue weighted by Crippen LogP contribution is 2.32. The summed E-state index contributed by atoms with van der Waals surface area (Å²) in [5.74, 6) is 0. The molecular formula is C18H32O14. The molecule has 3 aliphatic rings. The van der Waals surface area contributed by atoms with Gasteiger partial charge in [0.05, 0.1) is 18.8 Å². The lowest BCUT2D eigenvalue weighted by molar-refractivity contribution is -0.385. The van der Waals surface area contributed by atoms with Gasteiger partial charge in [-0.25, -0.2) is 0 Å². The van der Waals surface area contributed by atoms with Crippen molar-refractivity contribution in [2.75, 3.05) is 6.61 Å². The van der Waals surface area contributed by atoms with Crippen LogP contribution in [-0.2, 0) is 23.7 Å². The first kappa shape index (κ1) is 26.1. The van der Waals surface area contributed by atoms with Gasteiger partial charge in [0.1, 0.15) is 61.0 Å². The van der Waals surface area contributed by atoms with Crippen molar-refractivity contribution in [3.63, 3.8) is 0 Å². The molecule has 0 spiro atoms. The lowest BCUT2D eigenvalue weighted by atomic mass is 9.96. The molecule has 3 rings (SSSR count). The minimum absolute atomic E-state index is 0.721. The van der Waals surface area contributed by atoms with Crippen molar-refractivity contribution < 1.29 is 69.6 Å². The van der Waals surface area contributed by atoms with Crippen molar-refractivity contribution in [2.24, 2.45) is 0 Å². The third-order valence-electron chi connectivity index (χ3n) is 6.02. The van der Waals surface area contributed by atoms with Crippen LogP contribution < -0.4 is 0 Å². The molecule has 14 nitrogen and oxygen atoms in total. The van der Waals surface area contributed by atoms with Gasteiger partial charge in [-0.1, -0.05) is 0 Å². The number of ether oxygens (including phenoxy) is 5. The highest BCUT2D eigenvalue weighted by atomic mass is 16.8. The van der Waals surface area contributed by atoms with Crippen LogP contribution in [0.15, 0.2) is 0 Å². The molecule has 0 radical (unpaired) electrons. The molecule has 9 N–H and O–H groups in total. The quantitative estimate of drug-likeness (QED) is 0.182. The second-order valence-electron chi connectivity index (χ2n) is 8.30. The molecular weight excluding hydrogens is 440 g/mol. The maximum Gasteiger partial charge on any atom is 0.187 e. The van der Waals surface area contributed by atoms with E-state index in [0.29, 0.717) is 0 Å². The zero-order chi connectivity index (χ0) is 23.9. The van der Waals surface area contributed by atoms with Gasteiger partial charge in [0.2, 0.25) is 0 Å². The summed E-state index contributed by atoms with van der Waals surface area (Å²) in [6, 6.07) is 0. The predicted molar refractivity (Wildman–Crippen MR) is 98.4 cm³/mol. The second kappa shape index (κ2) is 10.4. The summed E-state index contributed by atoms with van der Waals surface area (Å²) >= 11 is 0. The Balaban J connectivity index is 1.81. The summed E-state index contributed by atoms with van der Waals surface area (Å²) in [6.07, 6.45) is -22.6. The molecule has 0 unspecified atom stereocenters. The Hall–Kier alpha value is -0.560. The van der Waals surface area contributed by atoms with Gasteiger partial charge in [-0.05, 0) is 13.8 Å². The average Bonchev–Trinajstić information content (AvgIpc) is 2.76. The largest absolute Gasteiger partial charge is 0.394 e. The van der Waals surface area contributed by atoms with Crippen molar-refractivity contribution in [3.8, 4) is 0 Å². The third-order valence-corrected chi connectivity index (χ3v) is 6.02. The molecule has 3 heterocycles. The summed E-state index contributed by atoms with van der Waals surface area (Å²) in [5, 5.41) is 90.6. The molecule has 0 saturated carbocycles. The molecule has 15 atom stereocenters. The number of aliphatic hydroxyl groups is 9. The van der Waals surface area contributed by atoms with Crippen molar-refractivity contribution >= 4 is 0 Å². The SMILES string of the molecule is C[C@@H]1O[C@@H](O[C@H]2[C@H](O)[C@@H](CO)O[C@@H](O)[C@@H]2O[C@H]2O[C@@H](C)[C@@H](O)[C@@H](O)[C@@H]2O)[C@H](O)[C@H](O)[C@H]1O. The van der Waals surface area contributed by atoms with Crippen molar-refractivity contribution in [1.82, 2.24) is 0 Å². The van der Waals surface area contributed by atoms with Crippen LogP contribution in [0.5, 0.6) is 0 Å². The van der Waals surface area contributed by atoms with Crippen molar-refractivity contribution in [1.29, 1.82) is 0 Å². The summed E-state index contributed by atoms with van der Waals surface area (Å²) in [5.41, 5.74) is 0. The summed E-state index contributed by atoms with van der Waals surface area (Å²) in [4.78, 5) is 0. The Morgan fingerprint density at radius 1 is 0.562 bits per heavy atom. The van der Waals surface area contributed by atoms with E-state index in [1.165, 1.54) is 13.8 Å². The van der Waals surface area contributed by atoms with E-state index in [0.717, 1.165) is 0 Å². The van der Waals surface area contributed by atoms with Gasteiger partial charge >= 0.3 is 0 Å². The van der Waals surface area contributed by atoms with E-state index in [-0.39, 0.29) is 0 Å². The Bertz CT molecular complexity index is 610. The monoisotopic (exact) mass is 472 g/mol. The minimum atomic E-state index is -1.83. The van der Waals surface area contributed by atoms with Gasteiger partial charge in [-0.3, -0.25) is 0 Å². The Labute approximate surface area is 183 Å². The Morgan fingerprint density at radius 2 is 1.00 bits per heavy atom. The van der Waals surface area contributed by atoms with E-state index in [1.54, 1.807) is 0 Å². The highest BCUT2D eigenvalue weighted by molar-refractivity contribution is 4.95. The maximum absolute atomic E-state index is 10.6. The first-order chi connectivity index (χ1) is 15.0. The van der Waals surface area contributed by atoms with E-state index < -0.39 is 98.7 Å². The molecule has 3 aliphatic heterocycles. The first-order valence-electron chi connectivity index (χ1n) is 10.3. The number of aliphatic hydroxyl groups excluding tert-OH is 9. The topological polar surface area (TPSA) is 228 Å². The minimum Gasteiger partial charge on any atom is -0.394 e. The van der Waals surface area contributed by atoms with Crippen LogP contribution in [0.25, 0.3) is 0 Å². The molecule has 3 saturated heterocycles. The van der Waals surface area contributed by atoms with Crippen molar-refractivity contribution in [2.45, 2.75) is 106 Å². The number of rotatable bonds is 5. The summed E-state index contributed by atoms with van der Waals surface area (Å²) < 4.78 is 27.0. The van der Waals surface area contributed by atoms with E-state index in [2.05, 4.69) is 0 Å². The smallest absolute Gasteiger partial charge is 0.187 e. The van der Waals surface area contributed by atoms with E-state index in [9.17, 15) is 46.0 Å².